The van der Waals surface area contributed by atoms with Crippen LogP contribution in [0.25, 0.3) is 0 Å². The molecule has 0 saturated carbocycles. The zero-order valence-corrected chi connectivity index (χ0v) is 7.71. The summed E-state index contributed by atoms with van der Waals surface area (Å²) in [7, 11) is 0. The Hall–Kier alpha value is -1.30. The first-order chi connectivity index (χ1) is 6.16. The molecule has 13 heavy (non-hydrogen) atoms. The first-order valence-corrected chi connectivity index (χ1v) is 4.08. The fourth-order valence-corrected chi connectivity index (χ4v) is 0.718. The summed E-state index contributed by atoms with van der Waals surface area (Å²) in [6.45, 7) is 3.37. The highest BCUT2D eigenvalue weighted by molar-refractivity contribution is 5.79. The van der Waals surface area contributed by atoms with Gasteiger partial charge in [-0.05, 0) is 0 Å². The van der Waals surface area contributed by atoms with Crippen LogP contribution >= 0.6 is 0 Å². The van der Waals surface area contributed by atoms with Gasteiger partial charge in [0.05, 0.1) is 0 Å². The summed E-state index contributed by atoms with van der Waals surface area (Å²) in [6, 6.07) is 0. The largest absolute Gasteiger partial charge is 0.409 e. The maximum absolute atomic E-state index is 10.4. The maximum Gasteiger partial charge on any atom is 0.216 e. The van der Waals surface area contributed by atoms with Gasteiger partial charge in [0.25, 0.3) is 0 Å². The highest BCUT2D eigenvalue weighted by Gasteiger charge is 1.93. The van der Waals surface area contributed by atoms with Crippen molar-refractivity contribution in [1.82, 2.24) is 10.6 Å². The van der Waals surface area contributed by atoms with Gasteiger partial charge in [0, 0.05) is 33.0 Å². The normalized spacial score (nSPS) is 11.3. The third kappa shape index (κ3) is 8.61. The highest BCUT2D eigenvalue weighted by atomic mass is 16.4. The van der Waals surface area contributed by atoms with Gasteiger partial charge in [0.2, 0.25) is 5.91 Å². The molecule has 0 aromatic carbocycles. The van der Waals surface area contributed by atoms with Crippen molar-refractivity contribution in [3.05, 3.63) is 0 Å². The number of rotatable bonds is 6. The second-order valence-electron chi connectivity index (χ2n) is 2.57. The van der Waals surface area contributed by atoms with Crippen LogP contribution in [0.3, 0.4) is 0 Å². The fraction of sp³-hybridized carbons (Fsp3) is 0.714. The third-order valence-corrected chi connectivity index (χ3v) is 1.36. The third-order valence-electron chi connectivity index (χ3n) is 1.36. The van der Waals surface area contributed by atoms with E-state index in [2.05, 4.69) is 15.8 Å². The lowest BCUT2D eigenvalue weighted by Gasteiger charge is -2.03. The van der Waals surface area contributed by atoms with E-state index >= 15 is 0 Å². The number of hydrogen-bond acceptors (Lipinski definition) is 4. The standard InChI is InChI=1S/C7H16N4O2/c1-6(12)10-5-4-9-3-2-7(8)11-13/h9,13H,2-5H2,1H3,(H2,8,11)(H,10,12). The topological polar surface area (TPSA) is 99.7 Å². The van der Waals surface area contributed by atoms with Gasteiger partial charge in [0.1, 0.15) is 5.84 Å². The van der Waals surface area contributed by atoms with Gasteiger partial charge >= 0.3 is 0 Å². The van der Waals surface area contributed by atoms with Gasteiger partial charge in [-0.1, -0.05) is 5.16 Å². The fourth-order valence-electron chi connectivity index (χ4n) is 0.718. The van der Waals surface area contributed by atoms with Gasteiger partial charge in [-0.3, -0.25) is 4.79 Å². The van der Waals surface area contributed by atoms with Crippen molar-refractivity contribution < 1.29 is 10.0 Å². The Kier molecular flexibility index (Phi) is 6.62. The number of carbonyl (C=O) groups excluding carboxylic acids is 1. The lowest BCUT2D eigenvalue weighted by molar-refractivity contribution is -0.118. The first kappa shape index (κ1) is 11.7. The molecular formula is C7H16N4O2. The molecule has 6 nitrogen and oxygen atoms in total. The Bertz CT molecular complexity index is 181. The van der Waals surface area contributed by atoms with E-state index in [-0.39, 0.29) is 11.7 Å². The minimum Gasteiger partial charge on any atom is -0.409 e. The molecule has 1 amide bonds. The average Bonchev–Trinajstić information content (AvgIpc) is 2.10. The molecular weight excluding hydrogens is 172 g/mol. The van der Waals surface area contributed by atoms with Crippen molar-refractivity contribution in [3.63, 3.8) is 0 Å². The van der Waals surface area contributed by atoms with E-state index in [9.17, 15) is 4.79 Å². The predicted octanol–water partition coefficient (Wildman–Crippen LogP) is -1.15. The zero-order chi connectivity index (χ0) is 10.1. The van der Waals surface area contributed by atoms with Crippen LogP contribution in [0.15, 0.2) is 5.16 Å². The average molecular weight is 188 g/mol. The second-order valence-corrected chi connectivity index (χ2v) is 2.57. The molecule has 0 atom stereocenters. The minimum absolute atomic E-state index is 0.0433. The molecule has 0 aliphatic carbocycles. The summed E-state index contributed by atoms with van der Waals surface area (Å²) in [5, 5.41) is 16.7. The molecule has 0 aliphatic heterocycles. The molecule has 0 aliphatic rings. The van der Waals surface area contributed by atoms with Crippen LogP contribution in [0.2, 0.25) is 0 Å². The molecule has 76 valence electrons. The van der Waals surface area contributed by atoms with Gasteiger partial charge in [0.15, 0.2) is 0 Å². The van der Waals surface area contributed by atoms with Crippen LogP contribution in [0, 0.1) is 0 Å². The van der Waals surface area contributed by atoms with Crippen LogP contribution in [-0.4, -0.2) is 36.6 Å². The summed E-state index contributed by atoms with van der Waals surface area (Å²) in [5.74, 6) is 0.158. The van der Waals surface area contributed by atoms with E-state index < -0.39 is 0 Å². The Morgan fingerprint density at radius 1 is 1.46 bits per heavy atom. The van der Waals surface area contributed by atoms with Gasteiger partial charge < -0.3 is 21.6 Å². The van der Waals surface area contributed by atoms with Crippen molar-refractivity contribution in [2.24, 2.45) is 10.9 Å². The van der Waals surface area contributed by atoms with Crippen LogP contribution in [0.5, 0.6) is 0 Å². The van der Waals surface area contributed by atoms with Crippen LogP contribution < -0.4 is 16.4 Å². The number of nitrogens with zero attached hydrogens (tertiary/aromatic N) is 1. The molecule has 6 heteroatoms. The maximum atomic E-state index is 10.4. The lowest BCUT2D eigenvalue weighted by Crippen LogP contribution is -2.31. The van der Waals surface area contributed by atoms with E-state index in [0.717, 1.165) is 0 Å². The number of nitrogens with one attached hydrogen (secondary N) is 2. The summed E-state index contributed by atoms with van der Waals surface area (Å²) in [5.41, 5.74) is 5.23. The number of amides is 1. The van der Waals surface area contributed by atoms with E-state index in [4.69, 9.17) is 10.9 Å². The molecule has 5 N–H and O–H groups in total. The Balaban J connectivity index is 3.13. The molecule has 0 radical (unpaired) electrons. The van der Waals surface area contributed by atoms with E-state index in [1.54, 1.807) is 0 Å². The number of oxime groups is 1. The SMILES string of the molecule is CC(=O)NCCNCCC(N)=NO. The molecule has 0 bridgehead atoms. The Morgan fingerprint density at radius 2 is 2.15 bits per heavy atom. The van der Waals surface area contributed by atoms with Crippen molar-refractivity contribution in [2.45, 2.75) is 13.3 Å². The smallest absolute Gasteiger partial charge is 0.216 e. The molecule has 0 rings (SSSR count). The quantitative estimate of drug-likeness (QED) is 0.139. The van der Waals surface area contributed by atoms with Crippen molar-refractivity contribution >= 4 is 11.7 Å². The molecule has 0 saturated heterocycles. The number of hydrogen-bond donors (Lipinski definition) is 4. The molecule has 0 aromatic heterocycles. The van der Waals surface area contributed by atoms with E-state index in [1.165, 1.54) is 6.92 Å². The van der Waals surface area contributed by atoms with Gasteiger partial charge in [-0.2, -0.15) is 0 Å². The van der Waals surface area contributed by atoms with Gasteiger partial charge in [-0.25, -0.2) is 0 Å². The second kappa shape index (κ2) is 7.35. The summed E-state index contributed by atoms with van der Waals surface area (Å²) >= 11 is 0. The molecule has 0 heterocycles. The number of amidine groups is 1. The predicted molar refractivity (Wildman–Crippen MR) is 49.6 cm³/mol. The Morgan fingerprint density at radius 3 is 2.69 bits per heavy atom. The summed E-state index contributed by atoms with van der Waals surface area (Å²) in [4.78, 5) is 10.4. The number of carbonyl (C=O) groups is 1. The van der Waals surface area contributed by atoms with Crippen molar-refractivity contribution in [1.29, 1.82) is 0 Å². The minimum atomic E-state index is -0.0433. The molecule has 0 aromatic rings. The van der Waals surface area contributed by atoms with E-state index in [0.29, 0.717) is 26.1 Å². The van der Waals surface area contributed by atoms with Crippen LogP contribution in [0.4, 0.5) is 0 Å². The monoisotopic (exact) mass is 188 g/mol. The summed E-state index contributed by atoms with van der Waals surface area (Å²) in [6.07, 6.45) is 0.497. The van der Waals surface area contributed by atoms with E-state index in [1.807, 2.05) is 0 Å². The highest BCUT2D eigenvalue weighted by Crippen LogP contribution is 1.75. The van der Waals surface area contributed by atoms with Crippen molar-refractivity contribution in [3.8, 4) is 0 Å². The van der Waals surface area contributed by atoms with Crippen LogP contribution in [0.1, 0.15) is 13.3 Å². The molecule has 0 fully saturated rings. The summed E-state index contributed by atoms with van der Waals surface area (Å²) < 4.78 is 0. The van der Waals surface area contributed by atoms with Crippen LogP contribution in [-0.2, 0) is 4.79 Å². The zero-order valence-electron chi connectivity index (χ0n) is 7.71. The van der Waals surface area contributed by atoms with Gasteiger partial charge in [-0.15, -0.1) is 0 Å². The first-order valence-electron chi connectivity index (χ1n) is 4.08. The number of nitrogens with two attached hydrogens (primary N) is 1. The molecule has 0 spiro atoms. The Labute approximate surface area is 77.2 Å². The lowest BCUT2D eigenvalue weighted by atomic mass is 10.4. The van der Waals surface area contributed by atoms with Crippen molar-refractivity contribution in [2.75, 3.05) is 19.6 Å². The molecule has 0 unspecified atom stereocenters.